The van der Waals surface area contributed by atoms with Gasteiger partial charge < -0.3 is 4.74 Å². The molecule has 3 aromatic carbocycles. The first-order valence-electron chi connectivity index (χ1n) is 13.6. The largest absolute Gasteiger partial charge is 0.454 e. The first-order chi connectivity index (χ1) is 19.7. The van der Waals surface area contributed by atoms with Crippen molar-refractivity contribution in [2.24, 2.45) is 7.05 Å². The van der Waals surface area contributed by atoms with E-state index in [1.807, 2.05) is 77.5 Å². The van der Waals surface area contributed by atoms with Gasteiger partial charge in [0.25, 0.3) is 0 Å². The van der Waals surface area contributed by atoms with E-state index in [0.29, 0.717) is 22.7 Å². The molecular weight excluding hydrogens is 514 g/mol. The highest BCUT2D eigenvalue weighted by molar-refractivity contribution is 5.95. The molecule has 3 aromatic heterocycles. The van der Waals surface area contributed by atoms with Gasteiger partial charge in [0.2, 0.25) is 0 Å². The van der Waals surface area contributed by atoms with Gasteiger partial charge in [-0.3, -0.25) is 14.3 Å². The van der Waals surface area contributed by atoms with Crippen LogP contribution in [0.15, 0.2) is 89.9 Å². The van der Waals surface area contributed by atoms with Crippen molar-refractivity contribution in [3.63, 3.8) is 0 Å². The molecule has 0 radical (unpaired) electrons. The van der Waals surface area contributed by atoms with Crippen LogP contribution in [-0.2, 0) is 30.1 Å². The van der Waals surface area contributed by atoms with Crippen molar-refractivity contribution < 1.29 is 9.53 Å². The minimum Gasteiger partial charge on any atom is -0.454 e. The molecule has 8 nitrogen and oxygen atoms in total. The average molecular weight is 546 g/mol. The van der Waals surface area contributed by atoms with Gasteiger partial charge in [0.15, 0.2) is 11.4 Å². The molecule has 0 aliphatic heterocycles. The summed E-state index contributed by atoms with van der Waals surface area (Å²) in [7, 11) is 1.68. The summed E-state index contributed by atoms with van der Waals surface area (Å²) in [5.74, 6) is 1.25. The molecule has 0 bridgehead atoms. The third-order valence-electron chi connectivity index (χ3n) is 7.27. The highest BCUT2D eigenvalue weighted by Crippen LogP contribution is 2.34. The second-order valence-corrected chi connectivity index (χ2v) is 11.3. The summed E-state index contributed by atoms with van der Waals surface area (Å²) in [6.45, 7) is 6.37. The molecule has 1 N–H and O–H groups in total. The number of H-pyrrole nitrogens is 1. The first kappa shape index (κ1) is 26.3. The summed E-state index contributed by atoms with van der Waals surface area (Å²) in [5.41, 5.74) is 4.32. The fourth-order valence-corrected chi connectivity index (χ4v) is 5.10. The molecule has 206 valence electrons. The summed E-state index contributed by atoms with van der Waals surface area (Å²) in [4.78, 5) is 32.7. The lowest BCUT2D eigenvalue weighted by molar-refractivity contribution is -0.117. The lowest BCUT2D eigenvalue weighted by Gasteiger charge is -2.14. The molecule has 0 saturated carbocycles. The number of nitrogens with one attached hydrogen (secondary N) is 1. The van der Waals surface area contributed by atoms with Gasteiger partial charge in [-0.05, 0) is 35.2 Å². The topological polar surface area (TPSA) is 94.8 Å². The minimum absolute atomic E-state index is 0.0968. The van der Waals surface area contributed by atoms with E-state index in [-0.39, 0.29) is 29.7 Å². The fourth-order valence-electron chi connectivity index (χ4n) is 5.10. The molecule has 6 rings (SSSR count). The predicted octanol–water partition coefficient (Wildman–Crippen LogP) is 6.04. The normalized spacial score (nSPS) is 11.8. The number of Topliss-reactive ketones (excluding diaryl/α,β-unsaturated/α-hetero) is 1. The number of hydrogen-bond acceptors (Lipinski definition) is 5. The minimum atomic E-state index is -0.259. The number of rotatable bonds is 7. The van der Waals surface area contributed by atoms with E-state index in [9.17, 15) is 9.59 Å². The number of nitrogens with zero attached hydrogens (tertiary/aromatic N) is 4. The Morgan fingerprint density at radius 3 is 2.39 bits per heavy atom. The molecule has 0 spiro atoms. The van der Waals surface area contributed by atoms with Crippen molar-refractivity contribution in [1.29, 1.82) is 0 Å². The number of aromatic amines is 1. The van der Waals surface area contributed by atoms with Crippen LogP contribution in [0.25, 0.3) is 27.6 Å². The second kappa shape index (κ2) is 10.2. The van der Waals surface area contributed by atoms with Gasteiger partial charge in [-0.15, -0.1) is 0 Å². The van der Waals surface area contributed by atoms with E-state index in [4.69, 9.17) is 9.84 Å². The summed E-state index contributed by atoms with van der Waals surface area (Å²) in [5, 5.41) is 6.69. The zero-order chi connectivity index (χ0) is 28.7. The molecule has 0 aliphatic carbocycles. The zero-order valence-electron chi connectivity index (χ0n) is 23.5. The maximum Gasteiger partial charge on any atom is 0.327 e. The highest BCUT2D eigenvalue weighted by Gasteiger charge is 2.22. The van der Waals surface area contributed by atoms with Crippen LogP contribution in [0.1, 0.15) is 37.7 Å². The molecule has 3 heterocycles. The lowest BCUT2D eigenvalue weighted by Crippen LogP contribution is -2.13. The van der Waals surface area contributed by atoms with Crippen LogP contribution in [0.2, 0.25) is 0 Å². The number of fused-ring (bicyclic) bond motifs is 2. The summed E-state index contributed by atoms with van der Waals surface area (Å²) in [6, 6.07) is 25.4. The van der Waals surface area contributed by atoms with Gasteiger partial charge in [0.1, 0.15) is 17.0 Å². The van der Waals surface area contributed by atoms with Gasteiger partial charge in [0, 0.05) is 43.0 Å². The number of ketones is 1. The van der Waals surface area contributed by atoms with E-state index >= 15 is 0 Å². The Kier molecular flexibility index (Phi) is 6.53. The fraction of sp³-hybridized carbons (Fsp3) is 0.212. The zero-order valence-corrected chi connectivity index (χ0v) is 23.5. The molecule has 0 saturated heterocycles. The van der Waals surface area contributed by atoms with E-state index in [0.717, 1.165) is 33.4 Å². The molecule has 0 amide bonds. The number of ether oxygens (including phenoxy) is 1. The number of carbonyl (C=O) groups excluding carboxylic acids is 1. The van der Waals surface area contributed by atoms with Crippen LogP contribution in [0.4, 0.5) is 0 Å². The van der Waals surface area contributed by atoms with Gasteiger partial charge in [0.05, 0.1) is 17.1 Å². The standard InChI is InChI=1S/C33H31N5O3/c1-33(2,3)29-20-23(38(36-29)22-10-6-5-7-11-22)19-24(39)18-21-14-15-27(26-13-9-8-12-25(21)26)41-28-16-17-34-31-30(28)37(4)32(40)35-31/h5-17,20H,18-19H2,1-4H3,(H,34,35,40). The van der Waals surface area contributed by atoms with Gasteiger partial charge in [-0.25, -0.2) is 14.5 Å². The average Bonchev–Trinajstić information content (AvgIpc) is 3.51. The Morgan fingerprint density at radius 2 is 1.63 bits per heavy atom. The van der Waals surface area contributed by atoms with Crippen molar-refractivity contribution in [3.05, 3.63) is 112 Å². The number of pyridine rings is 1. The third kappa shape index (κ3) is 5.04. The Labute approximate surface area is 237 Å². The maximum absolute atomic E-state index is 13.5. The number of aryl methyl sites for hydroxylation is 1. The maximum atomic E-state index is 13.5. The predicted molar refractivity (Wildman–Crippen MR) is 160 cm³/mol. The Bertz CT molecular complexity index is 1960. The smallest absolute Gasteiger partial charge is 0.327 e. The summed E-state index contributed by atoms with van der Waals surface area (Å²) in [6.07, 6.45) is 2.15. The molecule has 0 fully saturated rings. The van der Waals surface area contributed by atoms with Crippen molar-refractivity contribution in [1.82, 2.24) is 24.3 Å². The summed E-state index contributed by atoms with van der Waals surface area (Å²) < 4.78 is 9.71. The van der Waals surface area contributed by atoms with E-state index in [1.54, 1.807) is 19.3 Å². The van der Waals surface area contributed by atoms with Gasteiger partial charge in [-0.2, -0.15) is 5.10 Å². The second-order valence-electron chi connectivity index (χ2n) is 11.3. The highest BCUT2D eigenvalue weighted by atomic mass is 16.5. The van der Waals surface area contributed by atoms with Crippen LogP contribution in [0.3, 0.4) is 0 Å². The van der Waals surface area contributed by atoms with Crippen LogP contribution < -0.4 is 10.4 Å². The lowest BCUT2D eigenvalue weighted by atomic mass is 9.92. The summed E-state index contributed by atoms with van der Waals surface area (Å²) >= 11 is 0. The molecule has 0 unspecified atom stereocenters. The van der Waals surface area contributed by atoms with Crippen LogP contribution in [0.5, 0.6) is 11.5 Å². The molecule has 6 aromatic rings. The van der Waals surface area contributed by atoms with Crippen LogP contribution >= 0.6 is 0 Å². The monoisotopic (exact) mass is 545 g/mol. The Hall–Kier alpha value is -4.98. The molecule has 8 heteroatoms. The number of carbonyl (C=O) groups is 1. The molecular formula is C33H31N5O3. The number of hydrogen-bond donors (Lipinski definition) is 1. The van der Waals surface area contributed by atoms with Crippen molar-refractivity contribution in [2.45, 2.75) is 39.0 Å². The van der Waals surface area contributed by atoms with Crippen molar-refractivity contribution in [3.8, 4) is 17.2 Å². The quantitative estimate of drug-likeness (QED) is 0.264. The van der Waals surface area contributed by atoms with E-state index < -0.39 is 0 Å². The van der Waals surface area contributed by atoms with E-state index in [2.05, 4.69) is 30.7 Å². The SMILES string of the molecule is Cn1c(=O)[nH]c2nccc(Oc3ccc(CC(=O)Cc4cc(C(C)(C)C)nn4-c4ccccc4)c4ccccc34)c21. The first-order valence-corrected chi connectivity index (χ1v) is 13.6. The van der Waals surface area contributed by atoms with Crippen LogP contribution in [-0.4, -0.2) is 30.1 Å². The number of benzene rings is 3. The molecule has 0 aliphatic rings. The van der Waals surface area contributed by atoms with Crippen molar-refractivity contribution in [2.75, 3.05) is 0 Å². The molecule has 0 atom stereocenters. The van der Waals surface area contributed by atoms with Gasteiger partial charge in [-0.1, -0.05) is 69.3 Å². The number of para-hydroxylation sites is 1. The molecule has 41 heavy (non-hydrogen) atoms. The van der Waals surface area contributed by atoms with E-state index in [1.165, 1.54) is 4.57 Å². The van der Waals surface area contributed by atoms with Gasteiger partial charge >= 0.3 is 5.69 Å². The van der Waals surface area contributed by atoms with Crippen LogP contribution in [0, 0.1) is 0 Å². The number of imidazole rings is 1. The Balaban J connectivity index is 1.31. The number of aromatic nitrogens is 5. The third-order valence-corrected chi connectivity index (χ3v) is 7.27. The van der Waals surface area contributed by atoms with Crippen molar-refractivity contribution >= 4 is 27.7 Å². The Morgan fingerprint density at radius 1 is 0.902 bits per heavy atom.